The number of halogens is 2. The number of hydrogen-bond acceptors (Lipinski definition) is 8. The summed E-state index contributed by atoms with van der Waals surface area (Å²) in [6.07, 6.45) is -0.617. The van der Waals surface area contributed by atoms with Gasteiger partial charge in [-0.3, -0.25) is 0 Å². The molecule has 0 bridgehead atoms. The van der Waals surface area contributed by atoms with Gasteiger partial charge >= 0.3 is 6.08 Å². The van der Waals surface area contributed by atoms with Crippen LogP contribution in [-0.2, 0) is 23.0 Å². The quantitative estimate of drug-likeness (QED) is 0.337. The van der Waals surface area contributed by atoms with Crippen LogP contribution in [0.25, 0.3) is 11.2 Å². The summed E-state index contributed by atoms with van der Waals surface area (Å²) in [7, 11) is -3.55. The third-order valence-electron chi connectivity index (χ3n) is 5.00. The van der Waals surface area contributed by atoms with Crippen molar-refractivity contribution in [2.75, 3.05) is 19.1 Å². The molecule has 13 heteroatoms. The number of rotatable bonds is 6. The molecule has 0 unspecified atom stereocenters. The highest BCUT2D eigenvalue weighted by Crippen LogP contribution is 2.36. The second-order valence-corrected chi connectivity index (χ2v) is 11.9. The Bertz CT molecular complexity index is 1310. The Balaban J connectivity index is 1.70. The molecule has 32 heavy (non-hydrogen) atoms. The van der Waals surface area contributed by atoms with Crippen molar-refractivity contribution in [1.82, 2.24) is 24.2 Å². The fourth-order valence-corrected chi connectivity index (χ4v) is 4.60. The van der Waals surface area contributed by atoms with Crippen molar-refractivity contribution in [2.45, 2.75) is 38.5 Å². The van der Waals surface area contributed by atoms with Gasteiger partial charge in [-0.05, 0) is 61.1 Å². The average Bonchev–Trinajstić information content (AvgIpc) is 3.26. The van der Waals surface area contributed by atoms with Crippen LogP contribution in [0.2, 0.25) is 0 Å². The summed E-state index contributed by atoms with van der Waals surface area (Å²) in [4.78, 5) is 12.0. The SMILES string of the molecule is CC(C)(C)S(=O)(=O)NCCn1c(Cc2cc3c(cc2I)OCO3)nc2c(N)nc(F)nc21. The van der Waals surface area contributed by atoms with Crippen molar-refractivity contribution in [1.29, 1.82) is 0 Å². The smallest absolute Gasteiger partial charge is 0.312 e. The minimum absolute atomic E-state index is 0.0713. The van der Waals surface area contributed by atoms with E-state index in [1.807, 2.05) is 12.1 Å². The molecule has 4 rings (SSSR count). The number of anilines is 1. The lowest BCUT2D eigenvalue weighted by Gasteiger charge is -2.20. The minimum atomic E-state index is -3.55. The van der Waals surface area contributed by atoms with Crippen LogP contribution >= 0.6 is 22.6 Å². The maximum Gasteiger partial charge on any atom is 0.312 e. The van der Waals surface area contributed by atoms with Crippen molar-refractivity contribution in [3.05, 3.63) is 33.2 Å². The maximum atomic E-state index is 13.9. The number of nitrogens with one attached hydrogen (secondary N) is 1. The molecule has 0 aliphatic carbocycles. The molecule has 0 atom stereocenters. The van der Waals surface area contributed by atoms with Crippen molar-refractivity contribution in [3.8, 4) is 11.5 Å². The second kappa shape index (κ2) is 8.26. The third-order valence-corrected chi connectivity index (χ3v) is 8.20. The number of nitrogen functional groups attached to an aromatic ring is 1. The number of hydrogen-bond donors (Lipinski definition) is 2. The van der Waals surface area contributed by atoms with E-state index in [-0.39, 0.29) is 36.9 Å². The van der Waals surface area contributed by atoms with E-state index >= 15 is 0 Å². The molecule has 2 aromatic heterocycles. The number of sulfonamides is 1. The number of imidazole rings is 1. The molecule has 0 radical (unpaired) electrons. The molecule has 1 aliphatic rings. The van der Waals surface area contributed by atoms with Crippen LogP contribution in [0.3, 0.4) is 0 Å². The fourth-order valence-electron chi connectivity index (χ4n) is 3.18. The Hall–Kier alpha value is -2.26. The van der Waals surface area contributed by atoms with Gasteiger partial charge in [-0.2, -0.15) is 14.4 Å². The van der Waals surface area contributed by atoms with Gasteiger partial charge in [-0.1, -0.05) is 0 Å². The highest BCUT2D eigenvalue weighted by atomic mass is 127. The molecule has 0 saturated carbocycles. The summed E-state index contributed by atoms with van der Waals surface area (Å²) in [5.41, 5.74) is 7.25. The molecule has 3 aromatic rings. The van der Waals surface area contributed by atoms with Gasteiger partial charge in [0.15, 0.2) is 28.5 Å². The van der Waals surface area contributed by atoms with Crippen LogP contribution in [0.4, 0.5) is 10.2 Å². The first kappa shape index (κ1) is 22.9. The van der Waals surface area contributed by atoms with Gasteiger partial charge in [0.1, 0.15) is 5.82 Å². The molecule has 3 heterocycles. The molecule has 0 amide bonds. The van der Waals surface area contributed by atoms with E-state index in [4.69, 9.17) is 15.2 Å². The first-order chi connectivity index (χ1) is 15.0. The maximum absolute atomic E-state index is 13.9. The summed E-state index contributed by atoms with van der Waals surface area (Å²) in [5.74, 6) is 1.76. The Labute approximate surface area is 197 Å². The van der Waals surface area contributed by atoms with Crippen molar-refractivity contribution < 1.29 is 22.3 Å². The molecule has 1 aliphatic heterocycles. The zero-order valence-corrected chi connectivity index (χ0v) is 20.6. The van der Waals surface area contributed by atoms with Crippen LogP contribution in [0.15, 0.2) is 12.1 Å². The van der Waals surface area contributed by atoms with E-state index in [0.29, 0.717) is 23.7 Å². The van der Waals surface area contributed by atoms with Crippen LogP contribution in [0.5, 0.6) is 11.5 Å². The summed E-state index contributed by atoms with van der Waals surface area (Å²) in [6.45, 7) is 5.24. The predicted octanol–water partition coefficient (Wildman–Crippen LogP) is 2.19. The van der Waals surface area contributed by atoms with Gasteiger partial charge in [0.25, 0.3) is 0 Å². The summed E-state index contributed by atoms with van der Waals surface area (Å²) in [6, 6.07) is 3.74. The van der Waals surface area contributed by atoms with Crippen LogP contribution < -0.4 is 19.9 Å². The summed E-state index contributed by atoms with van der Waals surface area (Å²) < 4.78 is 53.8. The molecule has 10 nitrogen and oxygen atoms in total. The Morgan fingerprint density at radius 3 is 2.59 bits per heavy atom. The van der Waals surface area contributed by atoms with Gasteiger partial charge in [0.05, 0.1) is 4.75 Å². The third kappa shape index (κ3) is 4.32. The van der Waals surface area contributed by atoms with E-state index in [9.17, 15) is 12.8 Å². The monoisotopic (exact) mass is 576 g/mol. The average molecular weight is 576 g/mol. The Morgan fingerprint density at radius 2 is 1.91 bits per heavy atom. The number of ether oxygens (including phenoxy) is 2. The highest BCUT2D eigenvalue weighted by Gasteiger charge is 2.28. The number of nitrogens with zero attached hydrogens (tertiary/aromatic N) is 4. The first-order valence-electron chi connectivity index (χ1n) is 9.71. The molecule has 3 N–H and O–H groups in total. The molecular weight excluding hydrogens is 554 g/mol. The van der Waals surface area contributed by atoms with Gasteiger partial charge in [0, 0.05) is 23.1 Å². The fraction of sp³-hybridized carbons (Fsp3) is 0.421. The van der Waals surface area contributed by atoms with Gasteiger partial charge in [-0.25, -0.2) is 18.1 Å². The largest absolute Gasteiger partial charge is 0.454 e. The van der Waals surface area contributed by atoms with E-state index in [2.05, 4.69) is 42.3 Å². The first-order valence-corrected chi connectivity index (χ1v) is 12.3. The van der Waals surface area contributed by atoms with Crippen molar-refractivity contribution in [2.24, 2.45) is 0 Å². The summed E-state index contributed by atoms with van der Waals surface area (Å²) >= 11 is 2.19. The lowest BCUT2D eigenvalue weighted by Crippen LogP contribution is -2.40. The number of benzene rings is 1. The van der Waals surface area contributed by atoms with Gasteiger partial charge < -0.3 is 19.8 Å². The topological polar surface area (TPSA) is 134 Å². The van der Waals surface area contributed by atoms with Gasteiger partial charge in [0.2, 0.25) is 16.8 Å². The van der Waals surface area contributed by atoms with Crippen LogP contribution in [0, 0.1) is 9.65 Å². The van der Waals surface area contributed by atoms with E-state index in [1.165, 1.54) is 0 Å². The normalized spacial score (nSPS) is 13.8. The van der Waals surface area contributed by atoms with Crippen LogP contribution in [0.1, 0.15) is 32.2 Å². The lowest BCUT2D eigenvalue weighted by molar-refractivity contribution is 0.174. The number of aromatic nitrogens is 4. The van der Waals surface area contributed by atoms with E-state index < -0.39 is 20.8 Å². The number of fused-ring (bicyclic) bond motifs is 2. The van der Waals surface area contributed by atoms with Crippen LogP contribution in [-0.4, -0.2) is 46.0 Å². The highest BCUT2D eigenvalue weighted by molar-refractivity contribution is 14.1. The molecule has 0 saturated heterocycles. The van der Waals surface area contributed by atoms with E-state index in [0.717, 1.165) is 9.13 Å². The van der Waals surface area contributed by atoms with E-state index in [1.54, 1.807) is 25.3 Å². The molecule has 0 spiro atoms. The minimum Gasteiger partial charge on any atom is -0.454 e. The van der Waals surface area contributed by atoms with Gasteiger partial charge in [-0.15, -0.1) is 0 Å². The molecule has 1 aromatic carbocycles. The predicted molar refractivity (Wildman–Crippen MR) is 124 cm³/mol. The zero-order chi connectivity index (χ0) is 23.3. The van der Waals surface area contributed by atoms with Crippen molar-refractivity contribution >= 4 is 49.6 Å². The second-order valence-electron chi connectivity index (χ2n) is 8.21. The standard InChI is InChI=1S/C19H22FIN6O4S/c1-19(2,3)32(28,29)23-4-5-27-14(24-15-16(22)25-18(20)26-17(15)27)7-10-6-12-13(8-11(10)21)31-9-30-12/h6,8,23H,4-5,7,9H2,1-3H3,(H2,22,25,26). The molecule has 0 fully saturated rings. The van der Waals surface area contributed by atoms with Crippen molar-refractivity contribution in [3.63, 3.8) is 0 Å². The number of nitrogens with two attached hydrogens (primary N) is 1. The molecule has 172 valence electrons. The molecular formula is C19H22FIN6O4S. The lowest BCUT2D eigenvalue weighted by atomic mass is 10.1. The summed E-state index contributed by atoms with van der Waals surface area (Å²) in [5, 5.41) is 0. The Morgan fingerprint density at radius 1 is 1.22 bits per heavy atom. The zero-order valence-electron chi connectivity index (χ0n) is 17.6. The Kier molecular flexibility index (Phi) is 5.92.